The number of imidazole rings is 1. The molecule has 0 aliphatic rings. The number of nitrogens with one attached hydrogen (secondary N) is 1. The minimum Gasteiger partial charge on any atom is -0.372 e. The second kappa shape index (κ2) is 7.78. The van der Waals surface area contributed by atoms with Gasteiger partial charge >= 0.3 is 0 Å². The van der Waals surface area contributed by atoms with E-state index < -0.39 is 0 Å². The van der Waals surface area contributed by atoms with Crippen molar-refractivity contribution in [2.24, 2.45) is 0 Å². The van der Waals surface area contributed by atoms with E-state index in [0.29, 0.717) is 6.61 Å². The quantitative estimate of drug-likeness (QED) is 0.678. The summed E-state index contributed by atoms with van der Waals surface area (Å²) in [6.45, 7) is 2.54. The third kappa shape index (κ3) is 4.44. The highest BCUT2D eigenvalue weighted by molar-refractivity contribution is 7.99. The summed E-state index contributed by atoms with van der Waals surface area (Å²) in [6, 6.07) is 10.4. The fraction of sp³-hybridized carbons (Fsp3) is 0.312. The van der Waals surface area contributed by atoms with Crippen LogP contribution in [0.15, 0.2) is 35.5 Å². The summed E-state index contributed by atoms with van der Waals surface area (Å²) in [5.41, 5.74) is 3.50. The topological polar surface area (TPSA) is 37.9 Å². The molecule has 0 amide bonds. The zero-order valence-electron chi connectivity index (χ0n) is 11.8. The molecule has 0 atom stereocenters. The van der Waals surface area contributed by atoms with Crippen LogP contribution in [0.2, 0.25) is 0 Å². The van der Waals surface area contributed by atoms with Crippen LogP contribution < -0.4 is 0 Å². The van der Waals surface area contributed by atoms with E-state index in [2.05, 4.69) is 53.0 Å². The molecule has 4 heteroatoms. The molecule has 0 saturated carbocycles. The van der Waals surface area contributed by atoms with Gasteiger partial charge in [0.15, 0.2) is 5.16 Å². The third-order valence-electron chi connectivity index (χ3n) is 2.80. The van der Waals surface area contributed by atoms with Gasteiger partial charge in [-0.15, -0.1) is 0 Å². The molecule has 0 spiro atoms. The lowest BCUT2D eigenvalue weighted by molar-refractivity contribution is 0.240. The number of rotatable bonds is 5. The van der Waals surface area contributed by atoms with Crippen molar-refractivity contribution in [2.45, 2.75) is 18.5 Å². The zero-order chi connectivity index (χ0) is 14.2. The van der Waals surface area contributed by atoms with E-state index in [1.54, 1.807) is 18.9 Å². The molecule has 1 aromatic carbocycles. The van der Waals surface area contributed by atoms with Gasteiger partial charge in [-0.25, -0.2) is 4.98 Å². The summed E-state index contributed by atoms with van der Waals surface area (Å²) in [6.07, 6.45) is 0.860. The maximum atomic E-state index is 4.88. The van der Waals surface area contributed by atoms with Crippen LogP contribution in [0.25, 0.3) is 0 Å². The number of ether oxygens (including phenoxy) is 1. The molecule has 1 heterocycles. The van der Waals surface area contributed by atoms with Crippen LogP contribution in [0.3, 0.4) is 0 Å². The number of aryl methyl sites for hydroxylation is 1. The second-order valence-corrected chi connectivity index (χ2v) is 5.32. The normalized spacial score (nSPS) is 10.1. The van der Waals surface area contributed by atoms with Crippen molar-refractivity contribution < 1.29 is 4.74 Å². The van der Waals surface area contributed by atoms with E-state index in [-0.39, 0.29) is 0 Å². The highest BCUT2D eigenvalue weighted by Crippen LogP contribution is 2.18. The van der Waals surface area contributed by atoms with Crippen LogP contribution in [0.4, 0.5) is 0 Å². The Hall–Kier alpha value is -1.70. The Morgan fingerprint density at radius 2 is 2.05 bits per heavy atom. The van der Waals surface area contributed by atoms with Crippen molar-refractivity contribution in [1.82, 2.24) is 9.97 Å². The van der Waals surface area contributed by atoms with Gasteiger partial charge in [-0.3, -0.25) is 0 Å². The molecule has 2 rings (SSSR count). The number of methoxy groups -OCH3 is 1. The van der Waals surface area contributed by atoms with Gasteiger partial charge < -0.3 is 9.72 Å². The Balaban J connectivity index is 1.94. The van der Waals surface area contributed by atoms with Gasteiger partial charge in [0.05, 0.1) is 11.4 Å². The predicted octanol–water partition coefficient (Wildman–Crippen LogP) is 3.05. The SMILES string of the molecule is COCC#CCSc1nc(Cc2ccccc2)c(C)[nH]1. The Morgan fingerprint density at radius 1 is 1.25 bits per heavy atom. The van der Waals surface area contributed by atoms with E-state index in [0.717, 1.165) is 28.7 Å². The van der Waals surface area contributed by atoms with E-state index >= 15 is 0 Å². The lowest BCUT2D eigenvalue weighted by atomic mass is 10.1. The van der Waals surface area contributed by atoms with E-state index in [1.165, 1.54) is 5.56 Å². The van der Waals surface area contributed by atoms with Gasteiger partial charge in [-0.1, -0.05) is 53.9 Å². The first-order chi connectivity index (χ1) is 9.79. The molecule has 0 radical (unpaired) electrons. The summed E-state index contributed by atoms with van der Waals surface area (Å²) in [5, 5.41) is 0.931. The smallest absolute Gasteiger partial charge is 0.166 e. The lowest BCUT2D eigenvalue weighted by Crippen LogP contribution is -1.90. The number of nitrogens with zero attached hydrogens (tertiary/aromatic N) is 1. The molecular weight excluding hydrogens is 268 g/mol. The number of thioether (sulfide) groups is 1. The standard InChI is InChI=1S/C16H18N2OS/c1-13-15(12-14-8-4-3-5-9-14)18-16(17-13)20-11-7-6-10-19-2/h3-5,8-9H,10-12H2,1-2H3,(H,17,18). The minimum absolute atomic E-state index is 0.483. The number of hydrogen-bond acceptors (Lipinski definition) is 3. The molecule has 0 bridgehead atoms. The molecule has 1 N–H and O–H groups in total. The van der Waals surface area contributed by atoms with Gasteiger partial charge in [-0.2, -0.15) is 0 Å². The fourth-order valence-electron chi connectivity index (χ4n) is 1.78. The van der Waals surface area contributed by atoms with Gasteiger partial charge in [0.25, 0.3) is 0 Å². The lowest BCUT2D eigenvalue weighted by Gasteiger charge is -1.98. The molecule has 1 aromatic heterocycles. The Morgan fingerprint density at radius 3 is 2.80 bits per heavy atom. The van der Waals surface area contributed by atoms with E-state index in [9.17, 15) is 0 Å². The maximum Gasteiger partial charge on any atom is 0.166 e. The fourth-order valence-corrected chi connectivity index (χ4v) is 2.49. The molecule has 20 heavy (non-hydrogen) atoms. The van der Waals surface area contributed by atoms with Gasteiger partial charge in [0, 0.05) is 19.2 Å². The second-order valence-electron chi connectivity index (χ2n) is 4.35. The molecule has 0 fully saturated rings. The average molecular weight is 286 g/mol. The highest BCUT2D eigenvalue weighted by atomic mass is 32.2. The molecule has 0 aliphatic heterocycles. The first-order valence-corrected chi connectivity index (χ1v) is 7.45. The van der Waals surface area contributed by atoms with Crippen LogP contribution in [-0.4, -0.2) is 29.4 Å². The average Bonchev–Trinajstić information content (AvgIpc) is 2.80. The van der Waals surface area contributed by atoms with E-state index in [1.807, 2.05) is 6.07 Å². The number of benzene rings is 1. The molecule has 2 aromatic rings. The largest absolute Gasteiger partial charge is 0.372 e. The molecule has 104 valence electrons. The van der Waals surface area contributed by atoms with Gasteiger partial charge in [0.2, 0.25) is 0 Å². The molecule has 0 saturated heterocycles. The van der Waals surface area contributed by atoms with Crippen molar-refractivity contribution in [3.8, 4) is 11.8 Å². The molecule has 3 nitrogen and oxygen atoms in total. The van der Waals surface area contributed by atoms with E-state index in [4.69, 9.17) is 4.74 Å². The monoisotopic (exact) mass is 286 g/mol. The molecule has 0 aliphatic carbocycles. The zero-order valence-corrected chi connectivity index (χ0v) is 12.6. The first-order valence-electron chi connectivity index (χ1n) is 6.46. The van der Waals surface area contributed by atoms with Crippen LogP contribution >= 0.6 is 11.8 Å². The Labute approximate surface area is 124 Å². The summed E-state index contributed by atoms with van der Waals surface area (Å²) in [4.78, 5) is 7.94. The van der Waals surface area contributed by atoms with Crippen molar-refractivity contribution in [3.05, 3.63) is 47.3 Å². The molecular formula is C16H18N2OS. The summed E-state index contributed by atoms with van der Waals surface area (Å²) in [5.74, 6) is 6.70. The summed E-state index contributed by atoms with van der Waals surface area (Å²) < 4.78 is 4.88. The van der Waals surface area contributed by atoms with Crippen LogP contribution in [0.5, 0.6) is 0 Å². The van der Waals surface area contributed by atoms with Crippen molar-refractivity contribution >= 4 is 11.8 Å². The summed E-state index contributed by atoms with van der Waals surface area (Å²) in [7, 11) is 1.65. The van der Waals surface area contributed by atoms with Crippen LogP contribution in [-0.2, 0) is 11.2 Å². The Bertz CT molecular complexity index is 596. The van der Waals surface area contributed by atoms with Gasteiger partial charge in [-0.05, 0) is 12.5 Å². The number of aromatic nitrogens is 2. The van der Waals surface area contributed by atoms with Crippen molar-refractivity contribution in [3.63, 3.8) is 0 Å². The maximum absolute atomic E-state index is 4.88. The minimum atomic E-state index is 0.483. The Kier molecular flexibility index (Phi) is 5.72. The third-order valence-corrected chi connectivity index (χ3v) is 3.56. The predicted molar refractivity (Wildman–Crippen MR) is 82.9 cm³/mol. The van der Waals surface area contributed by atoms with Crippen LogP contribution in [0, 0.1) is 18.8 Å². The van der Waals surface area contributed by atoms with Crippen molar-refractivity contribution in [2.75, 3.05) is 19.5 Å². The first kappa shape index (κ1) is 14.7. The number of hydrogen-bond donors (Lipinski definition) is 1. The van der Waals surface area contributed by atoms with Crippen LogP contribution in [0.1, 0.15) is 17.0 Å². The van der Waals surface area contributed by atoms with Crippen molar-refractivity contribution in [1.29, 1.82) is 0 Å². The highest BCUT2D eigenvalue weighted by Gasteiger charge is 2.07. The summed E-state index contributed by atoms with van der Waals surface area (Å²) >= 11 is 1.62. The number of aromatic amines is 1. The van der Waals surface area contributed by atoms with Gasteiger partial charge in [0.1, 0.15) is 6.61 Å². The number of H-pyrrole nitrogens is 1. The molecule has 0 unspecified atom stereocenters.